The SMILES string of the molecule is O=C(C1CCOCC1)N1CC[C@@H]2NCCC[C@@H]2C1. The fourth-order valence-electron chi connectivity index (χ4n) is 3.65. The van der Waals surface area contributed by atoms with E-state index in [-0.39, 0.29) is 5.92 Å². The average Bonchev–Trinajstić information content (AvgIpc) is 2.47. The molecule has 0 saturated carbocycles. The molecule has 2 atom stereocenters. The van der Waals surface area contributed by atoms with E-state index in [4.69, 9.17) is 4.74 Å². The maximum absolute atomic E-state index is 12.5. The highest BCUT2D eigenvalue weighted by molar-refractivity contribution is 5.79. The molecule has 0 spiro atoms. The van der Waals surface area contributed by atoms with Crippen molar-refractivity contribution < 1.29 is 9.53 Å². The predicted molar refractivity (Wildman–Crippen MR) is 69.3 cm³/mol. The Labute approximate surface area is 109 Å². The van der Waals surface area contributed by atoms with Gasteiger partial charge >= 0.3 is 0 Å². The predicted octanol–water partition coefficient (Wildman–Crippen LogP) is 1.01. The van der Waals surface area contributed by atoms with Crippen LogP contribution in [0.15, 0.2) is 0 Å². The molecule has 0 bridgehead atoms. The average molecular weight is 252 g/mol. The van der Waals surface area contributed by atoms with E-state index < -0.39 is 0 Å². The number of hydrogen-bond acceptors (Lipinski definition) is 3. The van der Waals surface area contributed by atoms with E-state index >= 15 is 0 Å². The van der Waals surface area contributed by atoms with Gasteiger partial charge in [-0.3, -0.25) is 4.79 Å². The van der Waals surface area contributed by atoms with Crippen molar-refractivity contribution in [3.8, 4) is 0 Å². The number of amides is 1. The Morgan fingerprint density at radius 3 is 2.83 bits per heavy atom. The normalized spacial score (nSPS) is 34.1. The van der Waals surface area contributed by atoms with E-state index in [1.807, 2.05) is 0 Å². The molecule has 0 aliphatic carbocycles. The van der Waals surface area contributed by atoms with Crippen LogP contribution in [0.4, 0.5) is 0 Å². The van der Waals surface area contributed by atoms with Crippen molar-refractivity contribution in [3.63, 3.8) is 0 Å². The van der Waals surface area contributed by atoms with Gasteiger partial charge in [0.1, 0.15) is 0 Å². The highest BCUT2D eigenvalue weighted by Gasteiger charge is 2.35. The lowest BCUT2D eigenvalue weighted by Crippen LogP contribution is -2.54. The van der Waals surface area contributed by atoms with E-state index in [0.717, 1.165) is 52.1 Å². The molecule has 4 nitrogen and oxygen atoms in total. The second-order valence-electron chi connectivity index (χ2n) is 5.92. The summed E-state index contributed by atoms with van der Waals surface area (Å²) >= 11 is 0. The van der Waals surface area contributed by atoms with Crippen molar-refractivity contribution in [2.75, 3.05) is 32.8 Å². The number of fused-ring (bicyclic) bond motifs is 1. The zero-order valence-electron chi connectivity index (χ0n) is 11.1. The van der Waals surface area contributed by atoms with Gasteiger partial charge in [0.25, 0.3) is 0 Å². The molecule has 3 saturated heterocycles. The first kappa shape index (κ1) is 12.4. The van der Waals surface area contributed by atoms with E-state index in [9.17, 15) is 4.79 Å². The second-order valence-corrected chi connectivity index (χ2v) is 5.92. The van der Waals surface area contributed by atoms with Crippen LogP contribution >= 0.6 is 0 Å². The van der Waals surface area contributed by atoms with Gasteiger partial charge in [-0.25, -0.2) is 0 Å². The number of carbonyl (C=O) groups is 1. The third-order valence-corrected chi connectivity index (χ3v) is 4.77. The van der Waals surface area contributed by atoms with Crippen LogP contribution in [-0.4, -0.2) is 49.7 Å². The van der Waals surface area contributed by atoms with E-state index in [2.05, 4.69) is 10.2 Å². The highest BCUT2D eigenvalue weighted by atomic mass is 16.5. The van der Waals surface area contributed by atoms with Gasteiger partial charge < -0.3 is 15.0 Å². The molecule has 1 N–H and O–H groups in total. The highest BCUT2D eigenvalue weighted by Crippen LogP contribution is 2.27. The van der Waals surface area contributed by atoms with Crippen molar-refractivity contribution in [1.29, 1.82) is 0 Å². The van der Waals surface area contributed by atoms with E-state index in [1.54, 1.807) is 0 Å². The molecule has 3 heterocycles. The number of carbonyl (C=O) groups excluding carboxylic acids is 1. The first-order valence-electron chi connectivity index (χ1n) is 7.44. The molecule has 0 aromatic rings. The van der Waals surface area contributed by atoms with Gasteiger partial charge in [-0.2, -0.15) is 0 Å². The molecule has 3 aliphatic heterocycles. The summed E-state index contributed by atoms with van der Waals surface area (Å²) in [5, 5.41) is 3.60. The van der Waals surface area contributed by atoms with Gasteiger partial charge in [0, 0.05) is 38.3 Å². The van der Waals surface area contributed by atoms with Crippen molar-refractivity contribution >= 4 is 5.91 Å². The summed E-state index contributed by atoms with van der Waals surface area (Å²) in [6, 6.07) is 0.664. The van der Waals surface area contributed by atoms with Gasteiger partial charge in [0.15, 0.2) is 0 Å². The Hall–Kier alpha value is -0.610. The summed E-state index contributed by atoms with van der Waals surface area (Å²) in [6.45, 7) is 4.61. The zero-order chi connectivity index (χ0) is 12.4. The Morgan fingerprint density at radius 2 is 2.00 bits per heavy atom. The maximum Gasteiger partial charge on any atom is 0.225 e. The van der Waals surface area contributed by atoms with Gasteiger partial charge in [0.2, 0.25) is 5.91 Å². The molecule has 0 aromatic carbocycles. The Bertz CT molecular complexity index is 302. The third-order valence-electron chi connectivity index (χ3n) is 4.77. The Morgan fingerprint density at radius 1 is 1.17 bits per heavy atom. The lowest BCUT2D eigenvalue weighted by atomic mass is 9.84. The maximum atomic E-state index is 12.5. The van der Waals surface area contributed by atoms with Crippen LogP contribution in [0.3, 0.4) is 0 Å². The summed E-state index contributed by atoms with van der Waals surface area (Å²) < 4.78 is 5.34. The van der Waals surface area contributed by atoms with Crippen LogP contribution in [-0.2, 0) is 9.53 Å². The second kappa shape index (κ2) is 5.57. The Kier molecular flexibility index (Phi) is 3.85. The minimum atomic E-state index is 0.229. The third kappa shape index (κ3) is 2.54. The summed E-state index contributed by atoms with van der Waals surface area (Å²) in [6.07, 6.45) is 5.53. The summed E-state index contributed by atoms with van der Waals surface area (Å²) in [5.41, 5.74) is 0. The first-order valence-corrected chi connectivity index (χ1v) is 7.44. The van der Waals surface area contributed by atoms with Crippen LogP contribution < -0.4 is 5.32 Å². The first-order chi connectivity index (χ1) is 8.84. The van der Waals surface area contributed by atoms with Crippen molar-refractivity contribution in [2.24, 2.45) is 11.8 Å². The molecule has 4 heteroatoms. The van der Waals surface area contributed by atoms with Crippen molar-refractivity contribution in [2.45, 2.75) is 38.1 Å². The fourth-order valence-corrected chi connectivity index (χ4v) is 3.65. The molecule has 102 valence electrons. The van der Waals surface area contributed by atoms with Crippen molar-refractivity contribution in [3.05, 3.63) is 0 Å². The van der Waals surface area contributed by atoms with Gasteiger partial charge in [-0.15, -0.1) is 0 Å². The van der Waals surface area contributed by atoms with E-state index in [0.29, 0.717) is 17.9 Å². The molecular weight excluding hydrogens is 228 g/mol. The largest absolute Gasteiger partial charge is 0.381 e. The lowest BCUT2D eigenvalue weighted by molar-refractivity contribution is -0.141. The number of nitrogens with zero attached hydrogens (tertiary/aromatic N) is 1. The molecule has 3 aliphatic rings. The van der Waals surface area contributed by atoms with Crippen LogP contribution in [0.2, 0.25) is 0 Å². The van der Waals surface area contributed by atoms with E-state index in [1.165, 1.54) is 12.8 Å². The summed E-state index contributed by atoms with van der Waals surface area (Å²) in [5.74, 6) is 1.31. The topological polar surface area (TPSA) is 41.6 Å². The molecule has 0 aromatic heterocycles. The number of ether oxygens (including phenoxy) is 1. The molecule has 3 fully saturated rings. The molecule has 0 unspecified atom stereocenters. The van der Waals surface area contributed by atoms with Gasteiger partial charge in [-0.1, -0.05) is 0 Å². The summed E-state index contributed by atoms with van der Waals surface area (Å²) in [4.78, 5) is 14.6. The van der Waals surface area contributed by atoms with Crippen molar-refractivity contribution in [1.82, 2.24) is 10.2 Å². The fraction of sp³-hybridized carbons (Fsp3) is 0.929. The minimum absolute atomic E-state index is 0.229. The zero-order valence-corrected chi connectivity index (χ0v) is 11.1. The smallest absolute Gasteiger partial charge is 0.225 e. The number of rotatable bonds is 1. The monoisotopic (exact) mass is 252 g/mol. The standard InChI is InChI=1S/C14H24N2O2/c17-14(11-4-8-18-9-5-11)16-7-3-13-12(10-16)2-1-6-15-13/h11-13,15H,1-10H2/t12-,13+/m1/s1. The molecular formula is C14H24N2O2. The molecule has 1 amide bonds. The van der Waals surface area contributed by atoms with Gasteiger partial charge in [0.05, 0.1) is 0 Å². The van der Waals surface area contributed by atoms with Gasteiger partial charge in [-0.05, 0) is 44.6 Å². The van der Waals surface area contributed by atoms with Crippen LogP contribution in [0.25, 0.3) is 0 Å². The van der Waals surface area contributed by atoms with Crippen LogP contribution in [0, 0.1) is 11.8 Å². The molecule has 0 radical (unpaired) electrons. The molecule has 3 rings (SSSR count). The van der Waals surface area contributed by atoms with Crippen LogP contribution in [0.1, 0.15) is 32.1 Å². The lowest BCUT2D eigenvalue weighted by Gasteiger charge is -2.43. The number of piperidine rings is 2. The minimum Gasteiger partial charge on any atom is -0.381 e. The quantitative estimate of drug-likeness (QED) is 0.757. The number of nitrogens with one attached hydrogen (secondary N) is 1. The number of hydrogen-bond donors (Lipinski definition) is 1. The Balaban J connectivity index is 1.57. The molecule has 18 heavy (non-hydrogen) atoms. The van der Waals surface area contributed by atoms with Crippen LogP contribution in [0.5, 0.6) is 0 Å². The number of likely N-dealkylation sites (tertiary alicyclic amines) is 1. The summed E-state index contributed by atoms with van der Waals surface area (Å²) in [7, 11) is 0.